The second kappa shape index (κ2) is 34.8. The van der Waals surface area contributed by atoms with Crippen LogP contribution >= 0.6 is 31.9 Å². The Labute approximate surface area is 417 Å². The van der Waals surface area contributed by atoms with Crippen LogP contribution in [0.4, 0.5) is 0 Å². The highest BCUT2D eigenvalue weighted by molar-refractivity contribution is 9.11. The smallest absolute Gasteiger partial charge is 0.336 e. The SMILES string of the molecule is CCCCCCCCc1cccc2c(Br)ccc(CCCCCCCC)c12.CCCCCCCCc1cccc2c(Br)ccc(CCCCCCCC)c12.O=C(O)c1ccccc1C(=O)O. The molecular weight excluding hydrogens is 944 g/mol. The first-order valence-electron chi connectivity index (χ1n) is 26.1. The molecule has 0 aromatic heterocycles. The van der Waals surface area contributed by atoms with Crippen LogP contribution in [0.15, 0.2) is 93.9 Å². The molecular formula is C60H84Br2O4. The van der Waals surface area contributed by atoms with E-state index >= 15 is 0 Å². The van der Waals surface area contributed by atoms with Gasteiger partial charge in [-0.3, -0.25) is 0 Å². The minimum Gasteiger partial charge on any atom is -0.478 e. The minimum absolute atomic E-state index is 0.190. The molecule has 66 heavy (non-hydrogen) atoms. The number of rotatable bonds is 30. The number of aryl methyl sites for hydroxylation is 4. The minimum atomic E-state index is -1.23. The molecule has 0 bridgehead atoms. The maximum absolute atomic E-state index is 10.5. The number of benzene rings is 5. The molecule has 0 atom stereocenters. The Bertz CT molecular complexity index is 1930. The summed E-state index contributed by atoms with van der Waals surface area (Å²) in [6.07, 6.45) is 37.8. The summed E-state index contributed by atoms with van der Waals surface area (Å²) in [5.74, 6) is -2.46. The molecule has 0 unspecified atom stereocenters. The Hall–Kier alpha value is -3.48. The molecule has 6 heteroatoms. The molecule has 0 radical (unpaired) electrons. The molecule has 0 heterocycles. The zero-order valence-electron chi connectivity index (χ0n) is 41.3. The van der Waals surface area contributed by atoms with Crippen molar-refractivity contribution in [1.29, 1.82) is 0 Å². The van der Waals surface area contributed by atoms with Crippen LogP contribution in [0.2, 0.25) is 0 Å². The lowest BCUT2D eigenvalue weighted by Gasteiger charge is -2.13. The fourth-order valence-electron chi connectivity index (χ4n) is 9.12. The lowest BCUT2D eigenvalue weighted by molar-refractivity contribution is 0.0651. The largest absolute Gasteiger partial charge is 0.478 e. The van der Waals surface area contributed by atoms with E-state index in [1.165, 1.54) is 235 Å². The molecule has 0 saturated carbocycles. The topological polar surface area (TPSA) is 74.6 Å². The van der Waals surface area contributed by atoms with E-state index in [-0.39, 0.29) is 11.1 Å². The van der Waals surface area contributed by atoms with Gasteiger partial charge in [0.1, 0.15) is 0 Å². The average molecular weight is 1030 g/mol. The summed E-state index contributed by atoms with van der Waals surface area (Å²) < 4.78 is 2.49. The number of halogens is 2. The van der Waals surface area contributed by atoms with E-state index in [0.717, 1.165) is 0 Å². The van der Waals surface area contributed by atoms with Crippen molar-refractivity contribution in [3.8, 4) is 0 Å². The number of carboxylic acids is 2. The van der Waals surface area contributed by atoms with Crippen molar-refractivity contribution >= 4 is 65.3 Å². The molecule has 0 fully saturated rings. The Morgan fingerprint density at radius 1 is 0.348 bits per heavy atom. The quantitative estimate of drug-likeness (QED) is 0.0450. The number of carboxylic acid groups (broad SMARTS) is 2. The summed E-state index contributed by atoms with van der Waals surface area (Å²) >= 11 is 7.57. The maximum Gasteiger partial charge on any atom is 0.336 e. The fraction of sp³-hybridized carbons (Fsp3) is 0.533. The van der Waals surface area contributed by atoms with Crippen LogP contribution in [0.5, 0.6) is 0 Å². The van der Waals surface area contributed by atoms with Crippen LogP contribution < -0.4 is 0 Å². The number of hydrogen-bond acceptors (Lipinski definition) is 2. The highest BCUT2D eigenvalue weighted by atomic mass is 79.9. The summed E-state index contributed by atoms with van der Waals surface area (Å²) in [5, 5.41) is 23.0. The average Bonchev–Trinajstić information content (AvgIpc) is 3.32. The van der Waals surface area contributed by atoms with Gasteiger partial charge in [-0.05, 0) is 119 Å². The molecule has 4 nitrogen and oxygen atoms in total. The van der Waals surface area contributed by atoms with Gasteiger partial charge in [-0.1, -0.05) is 249 Å². The lowest BCUT2D eigenvalue weighted by Crippen LogP contribution is -2.06. The highest BCUT2D eigenvalue weighted by Crippen LogP contribution is 2.33. The molecule has 0 amide bonds. The predicted octanol–water partition coefficient (Wildman–Crippen LogP) is 19.9. The highest BCUT2D eigenvalue weighted by Gasteiger charge is 2.14. The molecule has 0 aliphatic heterocycles. The second-order valence-electron chi connectivity index (χ2n) is 18.3. The lowest BCUT2D eigenvalue weighted by atomic mass is 9.93. The zero-order chi connectivity index (χ0) is 47.8. The van der Waals surface area contributed by atoms with Gasteiger partial charge in [0.2, 0.25) is 0 Å². The third kappa shape index (κ3) is 20.8. The van der Waals surface area contributed by atoms with Crippen molar-refractivity contribution in [3.05, 3.63) is 127 Å². The number of unbranched alkanes of at least 4 members (excludes halogenated alkanes) is 20. The first kappa shape index (κ1) is 56.8. The molecule has 5 rings (SSSR count). The van der Waals surface area contributed by atoms with Crippen molar-refractivity contribution < 1.29 is 19.8 Å². The standard InChI is InChI=1S/2C26H39Br.C8H6O4/c2*1-3-5-7-9-11-13-16-22-18-15-19-24-25(27)21-20-23(26(22)24)17-14-12-10-8-6-4-2;9-7(10)5-3-1-2-4-6(5)8(11)12/h2*15,18-21H,3-14,16-17H2,1-2H3;1-4H,(H,9,10)(H,11,12). The number of carbonyl (C=O) groups is 2. The molecule has 2 N–H and O–H groups in total. The van der Waals surface area contributed by atoms with Crippen molar-refractivity contribution in [2.24, 2.45) is 0 Å². The second-order valence-corrected chi connectivity index (χ2v) is 20.0. The summed E-state index contributed by atoms with van der Waals surface area (Å²) in [6.45, 7) is 9.16. The van der Waals surface area contributed by atoms with E-state index < -0.39 is 11.9 Å². The summed E-state index contributed by atoms with van der Waals surface area (Å²) in [5.41, 5.74) is 5.86. The third-order valence-electron chi connectivity index (χ3n) is 12.9. The van der Waals surface area contributed by atoms with Crippen molar-refractivity contribution in [2.45, 2.75) is 207 Å². The van der Waals surface area contributed by atoms with Crippen LogP contribution in [0.25, 0.3) is 21.5 Å². The predicted molar refractivity (Wildman–Crippen MR) is 292 cm³/mol. The Balaban J connectivity index is 0.000000282. The number of fused-ring (bicyclic) bond motifs is 2. The van der Waals surface area contributed by atoms with Crippen LogP contribution in [0, 0.1) is 0 Å². The molecule has 5 aromatic carbocycles. The van der Waals surface area contributed by atoms with E-state index in [4.69, 9.17) is 10.2 Å². The van der Waals surface area contributed by atoms with Crippen LogP contribution in [-0.4, -0.2) is 22.2 Å². The molecule has 0 aliphatic carbocycles. The number of hydrogen-bond donors (Lipinski definition) is 2. The van der Waals surface area contributed by atoms with Gasteiger partial charge < -0.3 is 10.2 Å². The molecule has 0 saturated heterocycles. The fourth-order valence-corrected chi connectivity index (χ4v) is 10.0. The maximum atomic E-state index is 10.5. The van der Waals surface area contributed by atoms with Crippen LogP contribution in [0.1, 0.15) is 225 Å². The van der Waals surface area contributed by atoms with Crippen molar-refractivity contribution in [1.82, 2.24) is 0 Å². The van der Waals surface area contributed by atoms with Gasteiger partial charge in [-0.2, -0.15) is 0 Å². The van der Waals surface area contributed by atoms with Crippen LogP contribution in [0.3, 0.4) is 0 Å². The van der Waals surface area contributed by atoms with Gasteiger partial charge in [0.15, 0.2) is 0 Å². The van der Waals surface area contributed by atoms with Crippen LogP contribution in [-0.2, 0) is 25.7 Å². The Kier molecular flexibility index (Phi) is 29.9. The number of aromatic carboxylic acids is 2. The summed E-state index contributed by atoms with van der Waals surface area (Å²) in [6, 6.07) is 28.5. The third-order valence-corrected chi connectivity index (χ3v) is 14.3. The van der Waals surface area contributed by atoms with E-state index in [1.54, 1.807) is 22.3 Å². The normalized spacial score (nSPS) is 11.0. The van der Waals surface area contributed by atoms with Gasteiger partial charge >= 0.3 is 11.9 Å². The van der Waals surface area contributed by atoms with E-state index in [0.29, 0.717) is 0 Å². The molecule has 362 valence electrons. The Morgan fingerprint density at radius 2 is 0.621 bits per heavy atom. The van der Waals surface area contributed by atoms with Gasteiger partial charge in [0.25, 0.3) is 0 Å². The first-order chi connectivity index (χ1) is 32.2. The van der Waals surface area contributed by atoms with E-state index in [9.17, 15) is 9.59 Å². The summed E-state index contributed by atoms with van der Waals surface area (Å²) in [7, 11) is 0. The van der Waals surface area contributed by atoms with E-state index in [2.05, 4.69) is 120 Å². The van der Waals surface area contributed by atoms with Gasteiger partial charge in [0.05, 0.1) is 11.1 Å². The van der Waals surface area contributed by atoms with E-state index in [1.807, 2.05) is 0 Å². The Morgan fingerprint density at radius 3 is 0.909 bits per heavy atom. The summed E-state index contributed by atoms with van der Waals surface area (Å²) in [4.78, 5) is 20.9. The molecule has 0 spiro atoms. The zero-order valence-corrected chi connectivity index (χ0v) is 44.5. The molecule has 0 aliphatic rings. The van der Waals surface area contributed by atoms with Gasteiger partial charge in [-0.15, -0.1) is 0 Å². The molecule has 5 aromatic rings. The van der Waals surface area contributed by atoms with Crippen molar-refractivity contribution in [2.75, 3.05) is 0 Å². The van der Waals surface area contributed by atoms with Gasteiger partial charge in [0, 0.05) is 8.95 Å². The monoisotopic (exact) mass is 1030 g/mol. The van der Waals surface area contributed by atoms with Crippen molar-refractivity contribution in [3.63, 3.8) is 0 Å². The van der Waals surface area contributed by atoms with Gasteiger partial charge in [-0.25, -0.2) is 9.59 Å². The first-order valence-corrected chi connectivity index (χ1v) is 27.7.